The van der Waals surface area contributed by atoms with Crippen molar-refractivity contribution in [3.8, 4) is 33.7 Å². The number of pyridine rings is 1. The number of halogens is 3. The van der Waals surface area contributed by atoms with Crippen molar-refractivity contribution < 1.29 is 22.6 Å². The zero-order chi connectivity index (χ0) is 23.7. The smallest absolute Gasteiger partial charge is 0.416 e. The standard InChI is InChI=1S/C26H22F3N3O2/c1-17-5-6-19(18-3-2-4-21(11-18)26(27,28)29)12-24(17)32-15-20(13-31-32)23-14-30-9-7-25(23)34-22-8-10-33-16-22/h2-7,9,11-15,22H,8,10,16H2,1H3. The lowest BCUT2D eigenvalue weighted by Gasteiger charge is -2.14. The Morgan fingerprint density at radius 1 is 1.03 bits per heavy atom. The fourth-order valence-electron chi connectivity index (χ4n) is 3.99. The third kappa shape index (κ3) is 4.54. The molecule has 0 aliphatic carbocycles. The molecule has 8 heteroatoms. The van der Waals surface area contributed by atoms with Crippen LogP contribution in [0.25, 0.3) is 27.9 Å². The molecule has 0 N–H and O–H groups in total. The number of hydrogen-bond acceptors (Lipinski definition) is 4. The Morgan fingerprint density at radius 2 is 1.88 bits per heavy atom. The van der Waals surface area contributed by atoms with Gasteiger partial charge in [0.15, 0.2) is 0 Å². The second kappa shape index (κ2) is 8.95. The highest BCUT2D eigenvalue weighted by molar-refractivity contribution is 5.70. The predicted molar refractivity (Wildman–Crippen MR) is 122 cm³/mol. The van der Waals surface area contributed by atoms with Crippen LogP contribution in [0.5, 0.6) is 5.75 Å². The van der Waals surface area contributed by atoms with Gasteiger partial charge in [-0.05, 0) is 47.9 Å². The largest absolute Gasteiger partial charge is 0.487 e. The normalized spacial score (nSPS) is 16.1. The maximum atomic E-state index is 13.2. The number of benzene rings is 2. The van der Waals surface area contributed by atoms with Gasteiger partial charge in [0.05, 0.1) is 30.7 Å². The summed E-state index contributed by atoms with van der Waals surface area (Å²) >= 11 is 0. The average molecular weight is 465 g/mol. The summed E-state index contributed by atoms with van der Waals surface area (Å²) in [6, 6.07) is 12.7. The van der Waals surface area contributed by atoms with Gasteiger partial charge in [-0.2, -0.15) is 18.3 Å². The molecule has 0 amide bonds. The lowest BCUT2D eigenvalue weighted by molar-refractivity contribution is -0.137. The molecular formula is C26H22F3N3O2. The topological polar surface area (TPSA) is 49.2 Å². The summed E-state index contributed by atoms with van der Waals surface area (Å²) in [5.41, 5.74) is 3.84. The number of aromatic nitrogens is 3. The molecule has 1 saturated heterocycles. The second-order valence-electron chi connectivity index (χ2n) is 8.23. The van der Waals surface area contributed by atoms with Crippen molar-refractivity contribution in [1.29, 1.82) is 0 Å². The van der Waals surface area contributed by atoms with E-state index in [4.69, 9.17) is 9.47 Å². The predicted octanol–water partition coefficient (Wildman–Crippen LogP) is 6.10. The summed E-state index contributed by atoms with van der Waals surface area (Å²) in [5, 5.41) is 4.52. The Kier molecular flexibility index (Phi) is 5.83. The van der Waals surface area contributed by atoms with E-state index in [0.29, 0.717) is 30.1 Å². The third-order valence-corrected chi connectivity index (χ3v) is 5.84. The van der Waals surface area contributed by atoms with Crippen LogP contribution < -0.4 is 4.74 Å². The average Bonchev–Trinajstić information content (AvgIpc) is 3.52. The lowest BCUT2D eigenvalue weighted by atomic mass is 10.0. The van der Waals surface area contributed by atoms with Crippen LogP contribution in [-0.4, -0.2) is 34.1 Å². The van der Waals surface area contributed by atoms with E-state index in [2.05, 4.69) is 10.1 Å². The van der Waals surface area contributed by atoms with Crippen LogP contribution in [0.15, 0.2) is 73.3 Å². The molecule has 34 heavy (non-hydrogen) atoms. The van der Waals surface area contributed by atoms with Gasteiger partial charge in [0.25, 0.3) is 0 Å². The molecule has 5 nitrogen and oxygen atoms in total. The highest BCUT2D eigenvalue weighted by Crippen LogP contribution is 2.34. The Morgan fingerprint density at radius 3 is 2.68 bits per heavy atom. The molecule has 0 bridgehead atoms. The quantitative estimate of drug-likeness (QED) is 0.358. The molecule has 0 saturated carbocycles. The zero-order valence-corrected chi connectivity index (χ0v) is 18.4. The van der Waals surface area contributed by atoms with E-state index in [-0.39, 0.29) is 6.10 Å². The van der Waals surface area contributed by atoms with Crippen molar-refractivity contribution in [3.63, 3.8) is 0 Å². The van der Waals surface area contributed by atoms with Gasteiger partial charge in [-0.15, -0.1) is 0 Å². The number of aryl methyl sites for hydroxylation is 1. The van der Waals surface area contributed by atoms with E-state index in [9.17, 15) is 13.2 Å². The van der Waals surface area contributed by atoms with Gasteiger partial charge in [0, 0.05) is 36.1 Å². The first-order valence-corrected chi connectivity index (χ1v) is 10.9. The molecular weight excluding hydrogens is 443 g/mol. The van der Waals surface area contributed by atoms with E-state index < -0.39 is 11.7 Å². The van der Waals surface area contributed by atoms with Crippen molar-refractivity contribution in [3.05, 3.63) is 84.4 Å². The van der Waals surface area contributed by atoms with E-state index in [1.807, 2.05) is 37.4 Å². The van der Waals surface area contributed by atoms with Crippen molar-refractivity contribution in [1.82, 2.24) is 14.8 Å². The van der Waals surface area contributed by atoms with Crippen molar-refractivity contribution in [2.24, 2.45) is 0 Å². The van der Waals surface area contributed by atoms with Crippen molar-refractivity contribution >= 4 is 0 Å². The van der Waals surface area contributed by atoms with Gasteiger partial charge in [-0.1, -0.05) is 24.3 Å². The van der Waals surface area contributed by atoms with Crippen molar-refractivity contribution in [2.45, 2.75) is 25.6 Å². The van der Waals surface area contributed by atoms with Crippen LogP contribution in [0.2, 0.25) is 0 Å². The number of rotatable bonds is 5. The zero-order valence-electron chi connectivity index (χ0n) is 18.4. The number of alkyl halides is 3. The van der Waals surface area contributed by atoms with Crippen molar-refractivity contribution in [2.75, 3.05) is 13.2 Å². The lowest BCUT2D eigenvalue weighted by Crippen LogP contribution is -2.16. The first-order chi connectivity index (χ1) is 16.4. The van der Waals surface area contributed by atoms with Crippen LogP contribution in [0.1, 0.15) is 17.5 Å². The molecule has 3 heterocycles. The van der Waals surface area contributed by atoms with Crippen LogP contribution in [0.4, 0.5) is 13.2 Å². The number of hydrogen-bond donors (Lipinski definition) is 0. The highest BCUT2D eigenvalue weighted by atomic mass is 19.4. The maximum absolute atomic E-state index is 13.2. The Labute approximate surface area is 194 Å². The summed E-state index contributed by atoms with van der Waals surface area (Å²) in [4.78, 5) is 4.24. The van der Waals surface area contributed by atoms with E-state index >= 15 is 0 Å². The van der Waals surface area contributed by atoms with Crippen LogP contribution >= 0.6 is 0 Å². The first kappa shape index (κ1) is 22.2. The molecule has 0 radical (unpaired) electrons. The summed E-state index contributed by atoms with van der Waals surface area (Å²) in [7, 11) is 0. The Bertz CT molecular complexity index is 1310. The number of nitrogens with zero attached hydrogens (tertiary/aromatic N) is 3. The molecule has 5 rings (SSSR count). The second-order valence-corrected chi connectivity index (χ2v) is 8.23. The summed E-state index contributed by atoms with van der Waals surface area (Å²) < 4.78 is 52.8. The molecule has 2 aromatic heterocycles. The minimum Gasteiger partial charge on any atom is -0.487 e. The molecule has 4 aromatic rings. The third-order valence-electron chi connectivity index (χ3n) is 5.84. The SMILES string of the molecule is Cc1ccc(-c2cccc(C(F)(F)F)c2)cc1-n1cc(-c2cnccc2OC2CCOC2)cn1. The van der Waals surface area contributed by atoms with Gasteiger partial charge in [-0.3, -0.25) is 4.98 Å². The minimum atomic E-state index is -4.39. The minimum absolute atomic E-state index is 0.00239. The van der Waals surface area contributed by atoms with E-state index in [0.717, 1.165) is 40.9 Å². The molecule has 174 valence electrons. The first-order valence-electron chi connectivity index (χ1n) is 10.9. The van der Waals surface area contributed by atoms with Gasteiger partial charge in [-0.25, -0.2) is 4.68 Å². The monoisotopic (exact) mass is 465 g/mol. The van der Waals surface area contributed by atoms with E-state index in [1.165, 1.54) is 6.07 Å². The van der Waals surface area contributed by atoms with Crippen LogP contribution in [0.3, 0.4) is 0 Å². The maximum Gasteiger partial charge on any atom is 0.416 e. The molecule has 1 aliphatic heterocycles. The fraction of sp³-hybridized carbons (Fsp3) is 0.231. The van der Waals surface area contributed by atoms with Crippen LogP contribution in [0, 0.1) is 6.92 Å². The number of ether oxygens (including phenoxy) is 2. The van der Waals surface area contributed by atoms with Gasteiger partial charge < -0.3 is 9.47 Å². The molecule has 1 unspecified atom stereocenters. The highest BCUT2D eigenvalue weighted by Gasteiger charge is 2.30. The molecule has 0 spiro atoms. The van der Waals surface area contributed by atoms with Gasteiger partial charge in [0.1, 0.15) is 11.9 Å². The van der Waals surface area contributed by atoms with Gasteiger partial charge >= 0.3 is 6.18 Å². The Balaban J connectivity index is 1.48. The van der Waals surface area contributed by atoms with Gasteiger partial charge in [0.2, 0.25) is 0 Å². The Hall–Kier alpha value is -3.65. The van der Waals surface area contributed by atoms with E-state index in [1.54, 1.807) is 29.3 Å². The summed E-state index contributed by atoms with van der Waals surface area (Å²) in [6.45, 7) is 3.18. The van der Waals surface area contributed by atoms with Crippen LogP contribution in [-0.2, 0) is 10.9 Å². The fourth-order valence-corrected chi connectivity index (χ4v) is 3.99. The summed E-state index contributed by atoms with van der Waals surface area (Å²) in [5.74, 6) is 0.708. The molecule has 1 atom stereocenters. The molecule has 2 aromatic carbocycles. The molecule has 1 aliphatic rings. The summed E-state index contributed by atoms with van der Waals surface area (Å²) in [6.07, 6.45) is 3.46. The molecule has 1 fully saturated rings.